The van der Waals surface area contributed by atoms with Crippen LogP contribution in [0.15, 0.2) is 12.1 Å². The summed E-state index contributed by atoms with van der Waals surface area (Å²) in [4.78, 5) is 0. The molecule has 0 spiro atoms. The summed E-state index contributed by atoms with van der Waals surface area (Å²) in [5.41, 5.74) is 4.85. The molecule has 0 aliphatic heterocycles. The van der Waals surface area contributed by atoms with Gasteiger partial charge in [0.15, 0.2) is 5.82 Å². The van der Waals surface area contributed by atoms with Crippen LogP contribution in [0.2, 0.25) is 5.02 Å². The van der Waals surface area contributed by atoms with Gasteiger partial charge in [-0.25, -0.2) is 8.78 Å². The molecule has 3 N–H and O–H groups in total. The summed E-state index contributed by atoms with van der Waals surface area (Å²) in [5.74, 6) is -1.81. The number of rotatable bonds is 2. The molecule has 0 radical (unpaired) electrons. The summed E-state index contributed by atoms with van der Waals surface area (Å²) in [6.07, 6.45) is -1.39. The fourth-order valence-corrected chi connectivity index (χ4v) is 1.24. The summed E-state index contributed by atoms with van der Waals surface area (Å²) >= 11 is 5.44. The number of aliphatic hydroxyl groups excluding tert-OH is 1. The lowest BCUT2D eigenvalue weighted by atomic mass is 10.0. The van der Waals surface area contributed by atoms with Crippen LogP contribution in [0.4, 0.5) is 8.78 Å². The predicted molar refractivity (Wildman–Crippen MR) is 50.0 cm³/mol. The van der Waals surface area contributed by atoms with Gasteiger partial charge in [-0.1, -0.05) is 11.6 Å². The molecule has 0 aliphatic rings. The topological polar surface area (TPSA) is 46.2 Å². The molecule has 2 atom stereocenters. The third kappa shape index (κ3) is 2.03. The minimum absolute atomic E-state index is 0.235. The lowest BCUT2D eigenvalue weighted by Crippen LogP contribution is -2.26. The molecule has 2 nitrogen and oxygen atoms in total. The minimum Gasteiger partial charge on any atom is -0.387 e. The molecule has 1 aromatic rings. The van der Waals surface area contributed by atoms with Crippen LogP contribution in [0.25, 0.3) is 0 Å². The van der Waals surface area contributed by atoms with E-state index in [9.17, 15) is 13.9 Å². The summed E-state index contributed by atoms with van der Waals surface area (Å²) in [6, 6.07) is 1.31. The van der Waals surface area contributed by atoms with E-state index in [2.05, 4.69) is 0 Å². The van der Waals surface area contributed by atoms with Gasteiger partial charge in [-0.2, -0.15) is 0 Å². The molecule has 0 amide bonds. The summed E-state index contributed by atoms with van der Waals surface area (Å²) < 4.78 is 26.4. The SMILES string of the molecule is C[C@@H](N)[C@@H](O)c1c(F)ccc(Cl)c1F. The van der Waals surface area contributed by atoms with Gasteiger partial charge in [0, 0.05) is 6.04 Å². The quantitative estimate of drug-likeness (QED) is 0.751. The second-order valence-electron chi connectivity index (χ2n) is 3.06. The first-order valence-electron chi connectivity index (χ1n) is 4.02. The van der Waals surface area contributed by atoms with Crippen molar-refractivity contribution in [3.05, 3.63) is 34.4 Å². The van der Waals surface area contributed by atoms with Crippen LogP contribution in [-0.4, -0.2) is 11.1 Å². The van der Waals surface area contributed by atoms with E-state index >= 15 is 0 Å². The van der Waals surface area contributed by atoms with Crippen LogP contribution < -0.4 is 5.73 Å². The molecule has 0 aliphatic carbocycles. The maximum atomic E-state index is 13.3. The van der Waals surface area contributed by atoms with Crippen molar-refractivity contribution in [1.82, 2.24) is 0 Å². The van der Waals surface area contributed by atoms with Crippen molar-refractivity contribution in [1.29, 1.82) is 0 Å². The first-order chi connectivity index (χ1) is 6.45. The van der Waals surface area contributed by atoms with Crippen molar-refractivity contribution in [2.75, 3.05) is 0 Å². The van der Waals surface area contributed by atoms with Crippen molar-refractivity contribution >= 4 is 11.6 Å². The molecular formula is C9H10ClF2NO. The van der Waals surface area contributed by atoms with Gasteiger partial charge >= 0.3 is 0 Å². The largest absolute Gasteiger partial charge is 0.387 e. The Bertz CT molecular complexity index is 344. The van der Waals surface area contributed by atoms with Gasteiger partial charge in [0.25, 0.3) is 0 Å². The lowest BCUT2D eigenvalue weighted by molar-refractivity contribution is 0.144. The zero-order valence-electron chi connectivity index (χ0n) is 7.47. The van der Waals surface area contributed by atoms with Crippen molar-refractivity contribution in [2.45, 2.75) is 19.1 Å². The van der Waals surface area contributed by atoms with Gasteiger partial charge in [0.05, 0.1) is 16.7 Å². The molecule has 0 fully saturated rings. The average Bonchev–Trinajstić information content (AvgIpc) is 2.12. The van der Waals surface area contributed by atoms with Crippen LogP contribution >= 0.6 is 11.6 Å². The monoisotopic (exact) mass is 221 g/mol. The summed E-state index contributed by atoms with van der Waals surface area (Å²) in [6.45, 7) is 1.45. The minimum atomic E-state index is -1.39. The molecule has 0 bridgehead atoms. The standard InChI is InChI=1S/C9H10ClF2NO/c1-4(13)9(14)7-6(11)3-2-5(10)8(7)12/h2-4,9,14H,13H2,1H3/t4-,9-/m1/s1. The van der Waals surface area contributed by atoms with E-state index in [1.54, 1.807) is 0 Å². The summed E-state index contributed by atoms with van der Waals surface area (Å²) in [7, 11) is 0. The van der Waals surface area contributed by atoms with Crippen LogP contribution in [0.3, 0.4) is 0 Å². The predicted octanol–water partition coefficient (Wildman–Crippen LogP) is 2.00. The molecule has 1 rings (SSSR count). The second kappa shape index (κ2) is 4.21. The van der Waals surface area contributed by atoms with Gasteiger partial charge in [-0.3, -0.25) is 0 Å². The Morgan fingerprint density at radius 3 is 2.50 bits per heavy atom. The normalized spacial score (nSPS) is 15.3. The average molecular weight is 222 g/mol. The van der Waals surface area contributed by atoms with Gasteiger partial charge in [0.2, 0.25) is 0 Å². The highest BCUT2D eigenvalue weighted by atomic mass is 35.5. The van der Waals surface area contributed by atoms with Crippen LogP contribution in [-0.2, 0) is 0 Å². The molecule has 0 heterocycles. The number of hydrogen-bond acceptors (Lipinski definition) is 2. The van der Waals surface area contributed by atoms with E-state index in [0.29, 0.717) is 0 Å². The Kier molecular flexibility index (Phi) is 3.42. The van der Waals surface area contributed by atoms with Crippen molar-refractivity contribution in [3.8, 4) is 0 Å². The van der Waals surface area contributed by atoms with Crippen LogP contribution in [0.5, 0.6) is 0 Å². The van der Waals surface area contributed by atoms with E-state index in [4.69, 9.17) is 17.3 Å². The zero-order chi connectivity index (χ0) is 10.9. The summed E-state index contributed by atoms with van der Waals surface area (Å²) in [5, 5.41) is 9.19. The van der Waals surface area contributed by atoms with E-state index in [1.807, 2.05) is 0 Å². The first kappa shape index (κ1) is 11.4. The van der Waals surface area contributed by atoms with Gasteiger partial charge in [0.1, 0.15) is 5.82 Å². The molecule has 78 valence electrons. The van der Waals surface area contributed by atoms with Gasteiger partial charge < -0.3 is 10.8 Å². The Morgan fingerprint density at radius 2 is 2.00 bits per heavy atom. The second-order valence-corrected chi connectivity index (χ2v) is 3.47. The highest BCUT2D eigenvalue weighted by Crippen LogP contribution is 2.27. The molecule has 0 saturated carbocycles. The molecule has 0 saturated heterocycles. The maximum absolute atomic E-state index is 13.3. The highest BCUT2D eigenvalue weighted by molar-refractivity contribution is 6.30. The highest BCUT2D eigenvalue weighted by Gasteiger charge is 2.22. The number of aliphatic hydroxyl groups is 1. The van der Waals surface area contributed by atoms with Crippen molar-refractivity contribution in [2.24, 2.45) is 5.73 Å². The number of hydrogen-bond donors (Lipinski definition) is 2. The molecule has 5 heteroatoms. The van der Waals surface area contributed by atoms with Gasteiger partial charge in [-0.15, -0.1) is 0 Å². The van der Waals surface area contributed by atoms with E-state index in [0.717, 1.165) is 12.1 Å². The van der Waals surface area contributed by atoms with Gasteiger partial charge in [-0.05, 0) is 19.1 Å². The Hall–Kier alpha value is -0.710. The van der Waals surface area contributed by atoms with Crippen molar-refractivity contribution in [3.63, 3.8) is 0 Å². The van der Waals surface area contributed by atoms with Crippen LogP contribution in [0.1, 0.15) is 18.6 Å². The third-order valence-corrected chi connectivity index (χ3v) is 2.17. The number of benzene rings is 1. The fraction of sp³-hybridized carbons (Fsp3) is 0.333. The number of nitrogens with two attached hydrogens (primary N) is 1. The molecule has 0 unspecified atom stereocenters. The van der Waals surface area contributed by atoms with E-state index < -0.39 is 29.3 Å². The lowest BCUT2D eigenvalue weighted by Gasteiger charge is -2.16. The fourth-order valence-electron chi connectivity index (χ4n) is 1.08. The Morgan fingerprint density at radius 1 is 1.43 bits per heavy atom. The molecular weight excluding hydrogens is 212 g/mol. The molecule has 14 heavy (non-hydrogen) atoms. The molecule has 0 aromatic heterocycles. The number of halogens is 3. The Labute approximate surface area is 85.3 Å². The van der Waals surface area contributed by atoms with E-state index in [1.165, 1.54) is 6.92 Å². The molecule has 1 aromatic carbocycles. The smallest absolute Gasteiger partial charge is 0.150 e. The zero-order valence-corrected chi connectivity index (χ0v) is 8.22. The van der Waals surface area contributed by atoms with E-state index in [-0.39, 0.29) is 5.02 Å². The third-order valence-electron chi connectivity index (χ3n) is 1.87. The van der Waals surface area contributed by atoms with Crippen LogP contribution in [0, 0.1) is 11.6 Å². The first-order valence-corrected chi connectivity index (χ1v) is 4.40. The maximum Gasteiger partial charge on any atom is 0.150 e. The Balaban J connectivity index is 3.25. The van der Waals surface area contributed by atoms with Crippen molar-refractivity contribution < 1.29 is 13.9 Å².